The third-order valence-corrected chi connectivity index (χ3v) is 3.61. The van der Waals surface area contributed by atoms with Gasteiger partial charge < -0.3 is 19.9 Å². The van der Waals surface area contributed by atoms with E-state index in [2.05, 4.69) is 5.32 Å². The van der Waals surface area contributed by atoms with E-state index in [1.54, 1.807) is 18.2 Å². The summed E-state index contributed by atoms with van der Waals surface area (Å²) in [5.41, 5.74) is 1.55. The van der Waals surface area contributed by atoms with E-state index in [1.165, 1.54) is 18.6 Å². The SMILES string of the molecule is CCOc1cc(C=C(NC(C)=O)C(=O)O)ccc1OCCc1ccccc1. The Bertz CT molecular complexity index is 815. The number of aliphatic carboxylic acids is 1. The summed E-state index contributed by atoms with van der Waals surface area (Å²) in [7, 11) is 0. The Morgan fingerprint density at radius 2 is 1.81 bits per heavy atom. The second-order valence-corrected chi connectivity index (χ2v) is 5.77. The summed E-state index contributed by atoms with van der Waals surface area (Å²) >= 11 is 0. The summed E-state index contributed by atoms with van der Waals surface area (Å²) in [4.78, 5) is 22.4. The first-order valence-corrected chi connectivity index (χ1v) is 8.65. The molecule has 0 atom stereocenters. The van der Waals surface area contributed by atoms with E-state index in [4.69, 9.17) is 9.47 Å². The number of ether oxygens (including phenoxy) is 2. The number of amides is 1. The Kier molecular flexibility index (Phi) is 7.43. The lowest BCUT2D eigenvalue weighted by atomic mass is 10.1. The second-order valence-electron chi connectivity index (χ2n) is 5.77. The largest absolute Gasteiger partial charge is 0.490 e. The van der Waals surface area contributed by atoms with Crippen molar-refractivity contribution in [3.05, 3.63) is 65.4 Å². The van der Waals surface area contributed by atoms with Crippen LogP contribution in [-0.2, 0) is 16.0 Å². The van der Waals surface area contributed by atoms with Crippen molar-refractivity contribution in [2.45, 2.75) is 20.3 Å². The average molecular weight is 369 g/mol. The van der Waals surface area contributed by atoms with E-state index in [0.29, 0.717) is 30.3 Å². The maximum Gasteiger partial charge on any atom is 0.352 e. The number of carbonyl (C=O) groups excluding carboxylic acids is 1. The van der Waals surface area contributed by atoms with Gasteiger partial charge in [-0.15, -0.1) is 0 Å². The van der Waals surface area contributed by atoms with Crippen LogP contribution in [0.15, 0.2) is 54.2 Å². The van der Waals surface area contributed by atoms with Gasteiger partial charge in [-0.05, 0) is 36.3 Å². The minimum absolute atomic E-state index is 0.206. The second kappa shape index (κ2) is 10.0. The van der Waals surface area contributed by atoms with Crippen LogP contribution < -0.4 is 14.8 Å². The van der Waals surface area contributed by atoms with E-state index in [0.717, 1.165) is 6.42 Å². The van der Waals surface area contributed by atoms with Gasteiger partial charge in [0.1, 0.15) is 5.70 Å². The van der Waals surface area contributed by atoms with Gasteiger partial charge in [-0.25, -0.2) is 4.79 Å². The van der Waals surface area contributed by atoms with Crippen molar-refractivity contribution in [2.75, 3.05) is 13.2 Å². The molecule has 6 heteroatoms. The molecular weight excluding hydrogens is 346 g/mol. The number of carbonyl (C=O) groups is 2. The number of hydrogen-bond acceptors (Lipinski definition) is 4. The molecule has 0 fully saturated rings. The number of nitrogens with one attached hydrogen (secondary N) is 1. The minimum Gasteiger partial charge on any atom is -0.490 e. The first-order chi connectivity index (χ1) is 13.0. The quantitative estimate of drug-likeness (QED) is 0.663. The van der Waals surface area contributed by atoms with Crippen molar-refractivity contribution >= 4 is 18.0 Å². The fourth-order valence-electron chi connectivity index (χ4n) is 2.43. The third kappa shape index (κ3) is 6.51. The fraction of sp³-hybridized carbons (Fsp3) is 0.238. The zero-order valence-corrected chi connectivity index (χ0v) is 15.4. The first-order valence-electron chi connectivity index (χ1n) is 8.65. The highest BCUT2D eigenvalue weighted by Crippen LogP contribution is 2.29. The van der Waals surface area contributed by atoms with Crippen LogP contribution in [0.2, 0.25) is 0 Å². The highest BCUT2D eigenvalue weighted by atomic mass is 16.5. The van der Waals surface area contributed by atoms with Crippen LogP contribution in [0.25, 0.3) is 6.08 Å². The zero-order chi connectivity index (χ0) is 19.6. The maximum atomic E-state index is 11.3. The summed E-state index contributed by atoms with van der Waals surface area (Å²) in [5, 5.41) is 11.5. The van der Waals surface area contributed by atoms with Crippen molar-refractivity contribution in [1.29, 1.82) is 0 Å². The van der Waals surface area contributed by atoms with E-state index < -0.39 is 11.9 Å². The molecule has 1 amide bonds. The standard InChI is InChI=1S/C21H23NO5/c1-3-26-20-14-17(13-18(21(24)25)22-15(2)23)9-10-19(20)27-12-11-16-7-5-4-6-8-16/h4-10,13-14H,3,11-12H2,1-2H3,(H,22,23)(H,24,25). The van der Waals surface area contributed by atoms with Crippen LogP contribution in [0.5, 0.6) is 11.5 Å². The van der Waals surface area contributed by atoms with Gasteiger partial charge in [0.25, 0.3) is 0 Å². The highest BCUT2D eigenvalue weighted by molar-refractivity contribution is 5.96. The molecule has 0 heterocycles. The summed E-state index contributed by atoms with van der Waals surface area (Å²) in [6.45, 7) is 4.05. The molecule has 0 radical (unpaired) electrons. The highest BCUT2D eigenvalue weighted by Gasteiger charge is 2.11. The number of carboxylic acid groups (broad SMARTS) is 1. The molecule has 0 saturated heterocycles. The molecule has 2 N–H and O–H groups in total. The van der Waals surface area contributed by atoms with E-state index in [-0.39, 0.29) is 5.70 Å². The lowest BCUT2D eigenvalue weighted by Gasteiger charge is -2.13. The van der Waals surface area contributed by atoms with Crippen molar-refractivity contribution < 1.29 is 24.2 Å². The smallest absolute Gasteiger partial charge is 0.352 e. The Hall–Kier alpha value is -3.28. The lowest BCUT2D eigenvalue weighted by Crippen LogP contribution is -2.24. The van der Waals surface area contributed by atoms with Crippen LogP contribution >= 0.6 is 0 Å². The lowest BCUT2D eigenvalue weighted by molar-refractivity contribution is -0.134. The molecular formula is C21H23NO5. The van der Waals surface area contributed by atoms with Crippen molar-refractivity contribution in [2.24, 2.45) is 0 Å². The number of rotatable bonds is 9. The van der Waals surface area contributed by atoms with Gasteiger partial charge in [-0.1, -0.05) is 36.4 Å². The average Bonchev–Trinajstić information content (AvgIpc) is 2.63. The molecule has 0 spiro atoms. The minimum atomic E-state index is -1.22. The summed E-state index contributed by atoms with van der Waals surface area (Å²) < 4.78 is 11.4. The van der Waals surface area contributed by atoms with E-state index in [1.807, 2.05) is 37.3 Å². The molecule has 2 aromatic carbocycles. The van der Waals surface area contributed by atoms with Crippen molar-refractivity contribution in [3.8, 4) is 11.5 Å². The summed E-state index contributed by atoms with van der Waals surface area (Å²) in [6.07, 6.45) is 2.14. The van der Waals surface area contributed by atoms with Gasteiger partial charge in [0.2, 0.25) is 5.91 Å². The van der Waals surface area contributed by atoms with Crippen molar-refractivity contribution in [1.82, 2.24) is 5.32 Å². The van der Waals surface area contributed by atoms with Gasteiger partial charge in [0.15, 0.2) is 11.5 Å². The van der Waals surface area contributed by atoms with E-state index in [9.17, 15) is 14.7 Å². The van der Waals surface area contributed by atoms with Crippen LogP contribution in [0.1, 0.15) is 25.0 Å². The van der Waals surface area contributed by atoms with Gasteiger partial charge in [-0.2, -0.15) is 0 Å². The topological polar surface area (TPSA) is 84.9 Å². The van der Waals surface area contributed by atoms with Gasteiger partial charge in [-0.3, -0.25) is 4.79 Å². The normalized spacial score (nSPS) is 11.0. The number of hydrogen-bond donors (Lipinski definition) is 2. The number of carboxylic acids is 1. The van der Waals surface area contributed by atoms with Gasteiger partial charge in [0.05, 0.1) is 13.2 Å². The molecule has 0 aromatic heterocycles. The Morgan fingerprint density at radius 3 is 2.44 bits per heavy atom. The van der Waals surface area contributed by atoms with Crippen LogP contribution in [0.3, 0.4) is 0 Å². The van der Waals surface area contributed by atoms with Crippen LogP contribution in [-0.4, -0.2) is 30.2 Å². The van der Waals surface area contributed by atoms with Gasteiger partial charge in [0, 0.05) is 13.3 Å². The van der Waals surface area contributed by atoms with E-state index >= 15 is 0 Å². The molecule has 0 saturated carbocycles. The Balaban J connectivity index is 2.15. The summed E-state index contributed by atoms with van der Waals surface area (Å²) in [5.74, 6) is -0.561. The van der Waals surface area contributed by atoms with Crippen LogP contribution in [0, 0.1) is 0 Å². The zero-order valence-electron chi connectivity index (χ0n) is 15.4. The number of benzene rings is 2. The van der Waals surface area contributed by atoms with Crippen LogP contribution in [0.4, 0.5) is 0 Å². The molecule has 0 aliphatic carbocycles. The summed E-state index contributed by atoms with van der Waals surface area (Å²) in [6, 6.07) is 15.1. The molecule has 0 bridgehead atoms. The van der Waals surface area contributed by atoms with Gasteiger partial charge >= 0.3 is 5.97 Å². The molecule has 6 nitrogen and oxygen atoms in total. The molecule has 2 aromatic rings. The molecule has 0 aliphatic rings. The monoisotopic (exact) mass is 369 g/mol. The van der Waals surface area contributed by atoms with Crippen molar-refractivity contribution in [3.63, 3.8) is 0 Å². The Labute approximate surface area is 158 Å². The molecule has 0 unspecified atom stereocenters. The maximum absolute atomic E-state index is 11.3. The molecule has 2 rings (SSSR count). The third-order valence-electron chi connectivity index (χ3n) is 3.61. The Morgan fingerprint density at radius 1 is 1.07 bits per heavy atom. The molecule has 27 heavy (non-hydrogen) atoms. The predicted molar refractivity (Wildman–Crippen MR) is 103 cm³/mol. The molecule has 0 aliphatic heterocycles. The fourth-order valence-corrected chi connectivity index (χ4v) is 2.43. The molecule has 142 valence electrons. The first kappa shape index (κ1) is 20.0. The predicted octanol–water partition coefficient (Wildman–Crippen LogP) is 3.27.